The van der Waals surface area contributed by atoms with Crippen molar-refractivity contribution in [2.75, 3.05) is 27.2 Å². The molecule has 1 amide bonds. The quantitative estimate of drug-likeness (QED) is 0.945. The van der Waals surface area contributed by atoms with E-state index >= 15 is 0 Å². The lowest BCUT2D eigenvalue weighted by Crippen LogP contribution is -2.34. The van der Waals surface area contributed by atoms with Gasteiger partial charge in [0.2, 0.25) is 0 Å². The maximum absolute atomic E-state index is 12.6. The number of hydrogen-bond acceptors (Lipinski definition) is 3. The van der Waals surface area contributed by atoms with Gasteiger partial charge in [-0.05, 0) is 33.5 Å². The van der Waals surface area contributed by atoms with Crippen LogP contribution in [-0.2, 0) is 0 Å². The van der Waals surface area contributed by atoms with Gasteiger partial charge in [-0.1, -0.05) is 29.8 Å². The van der Waals surface area contributed by atoms with E-state index in [0.29, 0.717) is 11.7 Å². The number of hydrogen-bond donors (Lipinski definition) is 1. The molecular formula is C17H22N4O. The van der Waals surface area contributed by atoms with E-state index in [4.69, 9.17) is 0 Å². The van der Waals surface area contributed by atoms with E-state index < -0.39 is 0 Å². The van der Waals surface area contributed by atoms with Crippen LogP contribution in [0, 0.1) is 6.92 Å². The van der Waals surface area contributed by atoms with Gasteiger partial charge in [-0.3, -0.25) is 9.89 Å². The van der Waals surface area contributed by atoms with E-state index in [1.807, 2.05) is 35.2 Å². The molecule has 0 radical (unpaired) electrons. The van der Waals surface area contributed by atoms with Crippen molar-refractivity contribution < 1.29 is 4.79 Å². The minimum absolute atomic E-state index is 0.0372. The molecule has 1 aromatic heterocycles. The number of aromatic amines is 1. The molecule has 0 bridgehead atoms. The van der Waals surface area contributed by atoms with Crippen LogP contribution in [0.25, 0.3) is 11.3 Å². The molecule has 1 aliphatic heterocycles. The Kier molecular flexibility index (Phi) is 3.98. The second-order valence-electron chi connectivity index (χ2n) is 6.19. The fourth-order valence-corrected chi connectivity index (χ4v) is 2.82. The number of nitrogens with zero attached hydrogens (tertiary/aromatic N) is 3. The lowest BCUT2D eigenvalue weighted by molar-refractivity contribution is 0.0777. The zero-order valence-corrected chi connectivity index (χ0v) is 13.3. The number of likely N-dealkylation sites (N-methyl/N-ethyl adjacent to an activating group) is 1. The highest BCUT2D eigenvalue weighted by molar-refractivity contribution is 5.93. The molecule has 2 heterocycles. The number of aryl methyl sites for hydroxylation is 1. The minimum Gasteiger partial charge on any atom is -0.336 e. The molecule has 1 aliphatic rings. The first-order chi connectivity index (χ1) is 10.5. The van der Waals surface area contributed by atoms with Gasteiger partial charge in [0.15, 0.2) is 0 Å². The second-order valence-corrected chi connectivity index (χ2v) is 6.19. The van der Waals surface area contributed by atoms with Gasteiger partial charge < -0.3 is 9.80 Å². The Balaban J connectivity index is 1.74. The molecule has 1 fully saturated rings. The molecular weight excluding hydrogens is 276 g/mol. The Morgan fingerprint density at radius 1 is 1.32 bits per heavy atom. The Labute approximate surface area is 130 Å². The van der Waals surface area contributed by atoms with Gasteiger partial charge in [0.05, 0.1) is 5.69 Å². The molecule has 3 rings (SSSR count). The Morgan fingerprint density at radius 2 is 2.05 bits per heavy atom. The van der Waals surface area contributed by atoms with E-state index in [-0.39, 0.29) is 5.91 Å². The third-order valence-electron chi connectivity index (χ3n) is 4.34. The highest BCUT2D eigenvalue weighted by Crippen LogP contribution is 2.20. The van der Waals surface area contributed by atoms with E-state index in [1.54, 1.807) is 0 Å². The van der Waals surface area contributed by atoms with Gasteiger partial charge in [-0.2, -0.15) is 5.10 Å². The molecule has 116 valence electrons. The molecule has 1 unspecified atom stereocenters. The molecule has 1 saturated heterocycles. The van der Waals surface area contributed by atoms with Crippen LogP contribution in [0.5, 0.6) is 0 Å². The van der Waals surface area contributed by atoms with Gasteiger partial charge in [0.1, 0.15) is 5.69 Å². The fourth-order valence-electron chi connectivity index (χ4n) is 2.82. The van der Waals surface area contributed by atoms with Crippen molar-refractivity contribution in [1.29, 1.82) is 0 Å². The number of benzene rings is 1. The molecule has 1 N–H and O–H groups in total. The van der Waals surface area contributed by atoms with Crippen molar-refractivity contribution in [1.82, 2.24) is 20.0 Å². The molecule has 1 atom stereocenters. The van der Waals surface area contributed by atoms with Crippen LogP contribution < -0.4 is 0 Å². The van der Waals surface area contributed by atoms with Crippen LogP contribution in [0.2, 0.25) is 0 Å². The van der Waals surface area contributed by atoms with Crippen molar-refractivity contribution in [3.8, 4) is 11.3 Å². The third-order valence-corrected chi connectivity index (χ3v) is 4.34. The Hall–Kier alpha value is -2.14. The highest BCUT2D eigenvalue weighted by Gasteiger charge is 2.28. The molecule has 0 saturated carbocycles. The summed E-state index contributed by atoms with van der Waals surface area (Å²) in [4.78, 5) is 16.6. The summed E-state index contributed by atoms with van der Waals surface area (Å²) in [5, 5.41) is 7.16. The number of rotatable bonds is 3. The highest BCUT2D eigenvalue weighted by atomic mass is 16.2. The lowest BCUT2D eigenvalue weighted by Gasteiger charge is -2.19. The molecule has 5 nitrogen and oxygen atoms in total. The van der Waals surface area contributed by atoms with E-state index in [2.05, 4.69) is 36.1 Å². The number of carbonyl (C=O) groups is 1. The third kappa shape index (κ3) is 2.90. The first-order valence-corrected chi connectivity index (χ1v) is 7.63. The summed E-state index contributed by atoms with van der Waals surface area (Å²) in [5.74, 6) is 0.0372. The number of aromatic nitrogens is 2. The zero-order chi connectivity index (χ0) is 15.7. The smallest absolute Gasteiger partial charge is 0.271 e. The van der Waals surface area contributed by atoms with Crippen molar-refractivity contribution in [2.24, 2.45) is 0 Å². The number of amides is 1. The molecule has 0 aliphatic carbocycles. The van der Waals surface area contributed by atoms with Gasteiger partial charge in [0.25, 0.3) is 5.91 Å². The summed E-state index contributed by atoms with van der Waals surface area (Å²) in [5.41, 5.74) is 3.61. The van der Waals surface area contributed by atoms with Gasteiger partial charge in [0, 0.05) is 24.7 Å². The van der Waals surface area contributed by atoms with Crippen LogP contribution in [0.4, 0.5) is 0 Å². The van der Waals surface area contributed by atoms with Gasteiger partial charge in [-0.25, -0.2) is 0 Å². The average Bonchev–Trinajstić information content (AvgIpc) is 3.17. The zero-order valence-electron chi connectivity index (χ0n) is 13.3. The molecule has 22 heavy (non-hydrogen) atoms. The van der Waals surface area contributed by atoms with Crippen molar-refractivity contribution in [3.05, 3.63) is 41.6 Å². The summed E-state index contributed by atoms with van der Waals surface area (Å²) in [7, 11) is 4.12. The number of likely N-dealkylation sites (tertiary alicyclic amines) is 1. The number of nitrogens with one attached hydrogen (secondary N) is 1. The summed E-state index contributed by atoms with van der Waals surface area (Å²) in [6.07, 6.45) is 1.03. The van der Waals surface area contributed by atoms with E-state index in [1.165, 1.54) is 5.56 Å². The van der Waals surface area contributed by atoms with E-state index in [0.717, 1.165) is 30.8 Å². The summed E-state index contributed by atoms with van der Waals surface area (Å²) < 4.78 is 0. The van der Waals surface area contributed by atoms with Crippen LogP contribution in [0.3, 0.4) is 0 Å². The monoisotopic (exact) mass is 298 g/mol. The maximum atomic E-state index is 12.6. The largest absolute Gasteiger partial charge is 0.336 e. The van der Waals surface area contributed by atoms with Gasteiger partial charge in [-0.15, -0.1) is 0 Å². The van der Waals surface area contributed by atoms with Crippen molar-refractivity contribution >= 4 is 5.91 Å². The first-order valence-electron chi connectivity index (χ1n) is 7.63. The SMILES string of the molecule is Cc1ccc(-c2cc(C(=O)N3CCC(N(C)C)C3)[nH]n2)cc1. The number of carbonyl (C=O) groups excluding carboxylic acids is 1. The summed E-state index contributed by atoms with van der Waals surface area (Å²) in [6, 6.07) is 10.4. The molecule has 1 aromatic carbocycles. The van der Waals surface area contributed by atoms with Gasteiger partial charge >= 0.3 is 0 Å². The standard InChI is InChI=1S/C17H22N4O/c1-12-4-6-13(7-5-12)15-10-16(19-18-15)17(22)21-9-8-14(11-21)20(2)3/h4-7,10,14H,8-9,11H2,1-3H3,(H,18,19). The summed E-state index contributed by atoms with van der Waals surface area (Å²) >= 11 is 0. The molecule has 0 spiro atoms. The normalized spacial score (nSPS) is 18.2. The molecule has 5 heteroatoms. The van der Waals surface area contributed by atoms with Crippen LogP contribution >= 0.6 is 0 Å². The maximum Gasteiger partial charge on any atom is 0.271 e. The predicted octanol–water partition coefficient (Wildman–Crippen LogP) is 2.16. The number of H-pyrrole nitrogens is 1. The first kappa shape index (κ1) is 14.8. The topological polar surface area (TPSA) is 52.2 Å². The van der Waals surface area contributed by atoms with Crippen LogP contribution in [-0.4, -0.2) is 59.1 Å². The Bertz CT molecular complexity index is 660. The predicted molar refractivity (Wildman–Crippen MR) is 86.8 cm³/mol. The molecule has 2 aromatic rings. The van der Waals surface area contributed by atoms with Crippen molar-refractivity contribution in [2.45, 2.75) is 19.4 Å². The average molecular weight is 298 g/mol. The van der Waals surface area contributed by atoms with Crippen LogP contribution in [0.1, 0.15) is 22.5 Å². The van der Waals surface area contributed by atoms with Crippen molar-refractivity contribution in [3.63, 3.8) is 0 Å². The Morgan fingerprint density at radius 3 is 2.68 bits per heavy atom. The lowest BCUT2D eigenvalue weighted by atomic mass is 10.1. The van der Waals surface area contributed by atoms with Crippen LogP contribution in [0.15, 0.2) is 30.3 Å². The second kappa shape index (κ2) is 5.93. The summed E-state index contributed by atoms with van der Waals surface area (Å²) in [6.45, 7) is 3.64. The van der Waals surface area contributed by atoms with E-state index in [9.17, 15) is 4.79 Å². The minimum atomic E-state index is 0.0372. The fraction of sp³-hybridized carbons (Fsp3) is 0.412.